The molecule has 1 aliphatic carbocycles. The van der Waals surface area contributed by atoms with Crippen molar-refractivity contribution in [1.82, 2.24) is 9.38 Å². The molecule has 0 saturated heterocycles. The van der Waals surface area contributed by atoms with E-state index >= 15 is 0 Å². The molecule has 0 atom stereocenters. The molecule has 174 valence electrons. The zero-order chi connectivity index (χ0) is 24.1. The van der Waals surface area contributed by atoms with Crippen LogP contribution in [0.2, 0.25) is 0 Å². The van der Waals surface area contributed by atoms with Gasteiger partial charge in [-0.25, -0.2) is 9.37 Å². The molecule has 1 fully saturated rings. The van der Waals surface area contributed by atoms with Crippen molar-refractivity contribution in [1.29, 1.82) is 5.26 Å². The Morgan fingerprint density at radius 1 is 1.14 bits per heavy atom. The van der Waals surface area contributed by atoms with Gasteiger partial charge in [0.1, 0.15) is 23.8 Å². The monoisotopic (exact) mass is 463 g/mol. The molecule has 0 unspecified atom stereocenters. The Morgan fingerprint density at radius 2 is 1.97 bits per heavy atom. The molecule has 0 spiro atoms. The summed E-state index contributed by atoms with van der Waals surface area (Å²) >= 11 is 0. The quantitative estimate of drug-likeness (QED) is 0.312. The second-order valence-electron chi connectivity index (χ2n) is 9.80. The highest BCUT2D eigenvalue weighted by molar-refractivity contribution is 5.89. The second kappa shape index (κ2) is 8.39. The summed E-state index contributed by atoms with van der Waals surface area (Å²) in [6.07, 6.45) is 4.84. The van der Waals surface area contributed by atoms with Crippen LogP contribution >= 0.6 is 0 Å². The summed E-state index contributed by atoms with van der Waals surface area (Å²) in [7, 11) is 0. The van der Waals surface area contributed by atoms with Gasteiger partial charge in [0.2, 0.25) is 0 Å². The van der Waals surface area contributed by atoms with Gasteiger partial charge in [-0.3, -0.25) is 0 Å². The zero-order valence-corrected chi connectivity index (χ0v) is 19.9. The van der Waals surface area contributed by atoms with Crippen LogP contribution in [0.4, 0.5) is 4.39 Å². The summed E-state index contributed by atoms with van der Waals surface area (Å²) in [6, 6.07) is 19.6. The van der Waals surface area contributed by atoms with E-state index in [0.717, 1.165) is 64.0 Å². The third-order valence-corrected chi connectivity index (χ3v) is 6.99. The van der Waals surface area contributed by atoms with Crippen LogP contribution in [0.25, 0.3) is 11.2 Å². The van der Waals surface area contributed by atoms with Gasteiger partial charge in [0, 0.05) is 35.4 Å². The third-order valence-electron chi connectivity index (χ3n) is 6.99. The first-order valence-electron chi connectivity index (χ1n) is 12.2. The van der Waals surface area contributed by atoms with Crippen LogP contribution in [-0.4, -0.2) is 9.38 Å². The van der Waals surface area contributed by atoms with Crippen molar-refractivity contribution < 1.29 is 9.13 Å². The molecule has 1 aliphatic heterocycles. The van der Waals surface area contributed by atoms with Gasteiger partial charge in [-0.2, -0.15) is 5.26 Å². The molecule has 2 aromatic heterocycles. The Kier molecular flexibility index (Phi) is 5.18. The highest BCUT2D eigenvalue weighted by Gasteiger charge is 2.32. The predicted molar refractivity (Wildman–Crippen MR) is 134 cm³/mol. The molecule has 4 aromatic rings. The minimum Gasteiger partial charge on any atom is -0.488 e. The van der Waals surface area contributed by atoms with Crippen LogP contribution in [0.5, 0.6) is 5.75 Å². The van der Waals surface area contributed by atoms with E-state index in [2.05, 4.69) is 48.7 Å². The van der Waals surface area contributed by atoms with E-state index in [0.29, 0.717) is 18.3 Å². The average molecular weight is 464 g/mol. The minimum atomic E-state index is -0.339. The van der Waals surface area contributed by atoms with Crippen LogP contribution in [0.3, 0.4) is 0 Å². The van der Waals surface area contributed by atoms with E-state index in [1.54, 1.807) is 6.07 Å². The number of hydrogen-bond donors (Lipinski definition) is 0. The predicted octanol–water partition coefficient (Wildman–Crippen LogP) is 6.82. The molecule has 0 bridgehead atoms. The number of nitriles is 1. The van der Waals surface area contributed by atoms with Crippen molar-refractivity contribution in [2.24, 2.45) is 5.92 Å². The Hall–Kier alpha value is -3.91. The third kappa shape index (κ3) is 3.80. The summed E-state index contributed by atoms with van der Waals surface area (Å²) in [6.45, 7) is 4.67. The van der Waals surface area contributed by atoms with Crippen LogP contribution in [-0.2, 0) is 13.0 Å². The molecule has 0 N–H and O–H groups in total. The van der Waals surface area contributed by atoms with Crippen LogP contribution in [0.15, 0.2) is 66.4 Å². The molecule has 2 aromatic carbocycles. The van der Waals surface area contributed by atoms with Crippen molar-refractivity contribution in [2.75, 3.05) is 0 Å². The molecule has 6 rings (SSSR count). The molecule has 35 heavy (non-hydrogen) atoms. The number of allylic oxidation sites excluding steroid dienone is 1. The molecule has 0 amide bonds. The van der Waals surface area contributed by atoms with Gasteiger partial charge in [-0.1, -0.05) is 38.1 Å². The van der Waals surface area contributed by atoms with E-state index in [4.69, 9.17) is 9.72 Å². The van der Waals surface area contributed by atoms with Crippen molar-refractivity contribution in [3.8, 4) is 11.8 Å². The number of benzene rings is 2. The summed E-state index contributed by atoms with van der Waals surface area (Å²) in [5.41, 5.74) is 8.88. The van der Waals surface area contributed by atoms with E-state index in [1.807, 2.05) is 18.2 Å². The molecule has 0 radical (unpaired) electrons. The maximum atomic E-state index is 14.1. The highest BCUT2D eigenvalue weighted by atomic mass is 19.1. The smallest absolute Gasteiger partial charge is 0.137 e. The summed E-state index contributed by atoms with van der Waals surface area (Å²) in [4.78, 5) is 4.88. The number of pyridine rings is 1. The molecule has 5 heteroatoms. The lowest BCUT2D eigenvalue weighted by Crippen LogP contribution is -2.03. The Bertz CT molecular complexity index is 1540. The normalized spacial score (nSPS) is 16.3. The van der Waals surface area contributed by atoms with Gasteiger partial charge in [-0.05, 0) is 65.6 Å². The molecular formula is C30H26FN3O. The first-order chi connectivity index (χ1) is 17.0. The van der Waals surface area contributed by atoms with Crippen molar-refractivity contribution in [3.05, 3.63) is 106 Å². The van der Waals surface area contributed by atoms with E-state index in [1.165, 1.54) is 17.8 Å². The lowest BCUT2D eigenvalue weighted by molar-refractivity contribution is 0.305. The fourth-order valence-electron chi connectivity index (χ4n) is 5.15. The van der Waals surface area contributed by atoms with Gasteiger partial charge in [0.05, 0.1) is 17.5 Å². The number of aromatic nitrogens is 2. The maximum absolute atomic E-state index is 14.1. The van der Waals surface area contributed by atoms with E-state index < -0.39 is 0 Å². The first-order valence-corrected chi connectivity index (χ1v) is 12.2. The molecule has 4 nitrogen and oxygen atoms in total. The molecule has 2 aliphatic rings. The largest absolute Gasteiger partial charge is 0.488 e. The zero-order valence-electron chi connectivity index (χ0n) is 19.9. The van der Waals surface area contributed by atoms with Gasteiger partial charge in [0.15, 0.2) is 0 Å². The second-order valence-corrected chi connectivity index (χ2v) is 9.80. The van der Waals surface area contributed by atoms with Gasteiger partial charge >= 0.3 is 0 Å². The van der Waals surface area contributed by atoms with Gasteiger partial charge in [-0.15, -0.1) is 0 Å². The SMILES string of the molecule is CC(C)c1nc2ccccn2c1Cc1ccc2c(c1)COc1cc(F)ccc1/C2=C(/C#N)C1CC1. The number of fused-ring (bicyclic) bond motifs is 3. The Morgan fingerprint density at radius 3 is 2.74 bits per heavy atom. The first kappa shape index (κ1) is 21.6. The topological polar surface area (TPSA) is 50.3 Å². The minimum absolute atomic E-state index is 0.269. The number of rotatable bonds is 4. The van der Waals surface area contributed by atoms with Crippen LogP contribution < -0.4 is 4.74 Å². The van der Waals surface area contributed by atoms with Crippen molar-refractivity contribution in [3.63, 3.8) is 0 Å². The molecule has 3 heterocycles. The summed E-state index contributed by atoms with van der Waals surface area (Å²) in [5, 5.41) is 10.1. The number of hydrogen-bond acceptors (Lipinski definition) is 3. The number of imidazole rings is 1. The number of halogens is 1. The number of ether oxygens (including phenoxy) is 1. The Labute approximate surface area is 204 Å². The van der Waals surface area contributed by atoms with Gasteiger partial charge < -0.3 is 9.14 Å². The van der Waals surface area contributed by atoms with Crippen LogP contribution in [0.1, 0.15) is 66.2 Å². The standard InChI is InChI=1S/C30H26FN3O/c1-18(2)30-26(34-12-4-3-5-28(34)33-30)14-19-6-10-23-21(13-19)17-35-27-15-22(31)9-11-24(27)29(23)25(16-32)20-7-8-20/h3-6,9-13,15,18,20H,7-8,14,17H2,1-2H3/b29-25-. The Balaban J connectivity index is 1.48. The van der Waals surface area contributed by atoms with Gasteiger partial charge in [0.25, 0.3) is 0 Å². The maximum Gasteiger partial charge on any atom is 0.137 e. The summed E-state index contributed by atoms with van der Waals surface area (Å²) in [5.74, 6) is 0.735. The number of nitrogens with zero attached hydrogens (tertiary/aromatic N) is 3. The van der Waals surface area contributed by atoms with E-state index in [9.17, 15) is 9.65 Å². The van der Waals surface area contributed by atoms with Crippen molar-refractivity contribution >= 4 is 11.2 Å². The lowest BCUT2D eigenvalue weighted by Gasteiger charge is -2.14. The highest BCUT2D eigenvalue weighted by Crippen LogP contribution is 2.46. The fraction of sp³-hybridized carbons (Fsp3) is 0.267. The molecular weight excluding hydrogens is 437 g/mol. The average Bonchev–Trinajstić information content (AvgIpc) is 3.65. The van der Waals surface area contributed by atoms with Crippen molar-refractivity contribution in [2.45, 2.75) is 45.6 Å². The van der Waals surface area contributed by atoms with E-state index in [-0.39, 0.29) is 11.7 Å². The fourth-order valence-corrected chi connectivity index (χ4v) is 5.15. The molecule has 1 saturated carbocycles. The lowest BCUT2D eigenvalue weighted by atomic mass is 9.87. The van der Waals surface area contributed by atoms with Crippen LogP contribution in [0, 0.1) is 23.1 Å². The summed E-state index contributed by atoms with van der Waals surface area (Å²) < 4.78 is 22.3.